The molecule has 0 aromatic heterocycles. The molecule has 160 valence electrons. The number of alkyl halides is 3. The van der Waals surface area contributed by atoms with Crippen LogP contribution in [0.3, 0.4) is 0 Å². The van der Waals surface area contributed by atoms with Crippen molar-refractivity contribution in [3.8, 4) is 0 Å². The Balaban J connectivity index is 1.89. The van der Waals surface area contributed by atoms with Crippen molar-refractivity contribution < 1.29 is 23.1 Å². The third-order valence-electron chi connectivity index (χ3n) is 5.22. The second-order valence-electron chi connectivity index (χ2n) is 7.73. The van der Waals surface area contributed by atoms with E-state index >= 15 is 0 Å². The second kappa shape index (κ2) is 8.40. The number of benzene rings is 2. The molecule has 3 rings (SSSR count). The molecule has 1 heterocycles. The molecule has 0 saturated heterocycles. The SMILES string of the molecule is CC(=Nc1cccc2c1NC(=O)C2)C(O)(CC(C)Cc1cccc(Cl)c1)C(F)(F)F. The maximum absolute atomic E-state index is 13.9. The molecule has 0 fully saturated rings. The Bertz CT molecular complexity index is 991. The predicted molar refractivity (Wildman–Crippen MR) is 111 cm³/mol. The summed E-state index contributed by atoms with van der Waals surface area (Å²) in [7, 11) is 0. The average molecular weight is 439 g/mol. The van der Waals surface area contributed by atoms with Crippen LogP contribution in [0.15, 0.2) is 47.5 Å². The number of anilines is 1. The zero-order valence-corrected chi connectivity index (χ0v) is 17.3. The zero-order chi connectivity index (χ0) is 22.1. The highest BCUT2D eigenvalue weighted by atomic mass is 35.5. The number of nitrogens with one attached hydrogen (secondary N) is 1. The highest BCUT2D eigenvalue weighted by Gasteiger charge is 2.56. The predicted octanol–water partition coefficient (Wildman–Crippen LogP) is 5.49. The van der Waals surface area contributed by atoms with Crippen molar-refractivity contribution >= 4 is 34.6 Å². The molecule has 0 aliphatic carbocycles. The van der Waals surface area contributed by atoms with Crippen LogP contribution in [0.1, 0.15) is 31.4 Å². The van der Waals surface area contributed by atoms with Gasteiger partial charge in [-0.2, -0.15) is 13.2 Å². The van der Waals surface area contributed by atoms with Gasteiger partial charge in [0, 0.05) is 5.02 Å². The lowest BCUT2D eigenvalue weighted by Crippen LogP contribution is -2.52. The summed E-state index contributed by atoms with van der Waals surface area (Å²) in [5, 5.41) is 13.8. The van der Waals surface area contributed by atoms with E-state index in [1.165, 1.54) is 6.07 Å². The van der Waals surface area contributed by atoms with Crippen LogP contribution >= 0.6 is 11.6 Å². The van der Waals surface area contributed by atoms with Gasteiger partial charge in [-0.05, 0) is 55.0 Å². The van der Waals surface area contributed by atoms with E-state index < -0.39 is 29.8 Å². The van der Waals surface area contributed by atoms with E-state index in [2.05, 4.69) is 10.3 Å². The number of hydrogen-bond donors (Lipinski definition) is 2. The van der Waals surface area contributed by atoms with Gasteiger partial charge in [-0.25, -0.2) is 0 Å². The number of aliphatic imine (C=N–C) groups is 1. The fraction of sp³-hybridized carbons (Fsp3) is 0.364. The van der Waals surface area contributed by atoms with Crippen LogP contribution in [0.25, 0.3) is 0 Å². The van der Waals surface area contributed by atoms with Crippen LogP contribution in [0.4, 0.5) is 24.5 Å². The Labute approximate surface area is 177 Å². The maximum atomic E-state index is 13.9. The molecule has 0 saturated carbocycles. The number of carbonyl (C=O) groups excluding carboxylic acids is 1. The lowest BCUT2D eigenvalue weighted by atomic mass is 9.84. The Morgan fingerprint density at radius 2 is 1.97 bits per heavy atom. The number of rotatable bonds is 6. The van der Waals surface area contributed by atoms with Crippen LogP contribution in [-0.4, -0.2) is 28.5 Å². The van der Waals surface area contributed by atoms with E-state index in [0.29, 0.717) is 22.7 Å². The summed E-state index contributed by atoms with van der Waals surface area (Å²) < 4.78 is 41.8. The molecule has 0 spiro atoms. The quantitative estimate of drug-likeness (QED) is 0.586. The number of carbonyl (C=O) groups is 1. The van der Waals surface area contributed by atoms with Gasteiger partial charge in [-0.3, -0.25) is 9.79 Å². The van der Waals surface area contributed by atoms with Crippen molar-refractivity contribution in [1.82, 2.24) is 0 Å². The van der Waals surface area contributed by atoms with Crippen molar-refractivity contribution in [2.24, 2.45) is 10.9 Å². The van der Waals surface area contributed by atoms with Crippen LogP contribution in [0.2, 0.25) is 5.02 Å². The van der Waals surface area contributed by atoms with Crippen LogP contribution in [0.5, 0.6) is 0 Å². The van der Waals surface area contributed by atoms with Crippen molar-refractivity contribution in [3.63, 3.8) is 0 Å². The molecule has 1 aliphatic heterocycles. The van der Waals surface area contributed by atoms with Gasteiger partial charge >= 0.3 is 6.18 Å². The summed E-state index contributed by atoms with van der Waals surface area (Å²) in [6, 6.07) is 11.8. The fourth-order valence-corrected chi connectivity index (χ4v) is 3.93. The minimum Gasteiger partial charge on any atom is -0.375 e. The van der Waals surface area contributed by atoms with Gasteiger partial charge in [0.25, 0.3) is 0 Å². The molecule has 1 amide bonds. The molecule has 2 aromatic rings. The van der Waals surface area contributed by atoms with Crippen LogP contribution in [0, 0.1) is 5.92 Å². The number of nitrogens with zero attached hydrogens (tertiary/aromatic N) is 1. The number of amides is 1. The van der Waals surface area contributed by atoms with Gasteiger partial charge in [0.1, 0.15) is 0 Å². The molecule has 1 aliphatic rings. The van der Waals surface area contributed by atoms with Gasteiger partial charge in [0.2, 0.25) is 5.91 Å². The Kier molecular flexibility index (Phi) is 6.24. The summed E-state index contributed by atoms with van der Waals surface area (Å²) in [4.78, 5) is 15.7. The van der Waals surface area contributed by atoms with Gasteiger partial charge in [-0.15, -0.1) is 0 Å². The highest BCUT2D eigenvalue weighted by Crippen LogP contribution is 2.40. The van der Waals surface area contributed by atoms with Crippen molar-refractivity contribution in [2.75, 3.05) is 5.32 Å². The molecule has 2 unspecified atom stereocenters. The molecule has 4 nitrogen and oxygen atoms in total. The summed E-state index contributed by atoms with van der Waals surface area (Å²) in [5.41, 5.74) is -1.53. The number of para-hydroxylation sites is 1. The molecule has 2 N–H and O–H groups in total. The zero-order valence-electron chi connectivity index (χ0n) is 16.6. The molecule has 2 aromatic carbocycles. The summed E-state index contributed by atoms with van der Waals surface area (Å²) in [6.07, 6.45) is -4.99. The third-order valence-corrected chi connectivity index (χ3v) is 5.45. The van der Waals surface area contributed by atoms with Crippen molar-refractivity contribution in [1.29, 1.82) is 0 Å². The van der Waals surface area contributed by atoms with Crippen molar-refractivity contribution in [2.45, 2.75) is 44.9 Å². The summed E-state index contributed by atoms with van der Waals surface area (Å²) in [6.45, 7) is 2.81. The third kappa shape index (κ3) is 4.68. The molecule has 8 heteroatoms. The van der Waals surface area contributed by atoms with Crippen molar-refractivity contribution in [3.05, 3.63) is 58.6 Å². The monoisotopic (exact) mass is 438 g/mol. The van der Waals surface area contributed by atoms with Gasteiger partial charge < -0.3 is 10.4 Å². The first-order valence-electron chi connectivity index (χ1n) is 9.50. The summed E-state index contributed by atoms with van der Waals surface area (Å²) >= 11 is 5.95. The first-order valence-corrected chi connectivity index (χ1v) is 9.88. The Hall–Kier alpha value is -2.38. The van der Waals surface area contributed by atoms with Gasteiger partial charge in [0.15, 0.2) is 5.60 Å². The summed E-state index contributed by atoms with van der Waals surface area (Å²) in [5.74, 6) is -0.743. The number of halogens is 4. The lowest BCUT2D eigenvalue weighted by Gasteiger charge is -2.33. The van der Waals surface area contributed by atoms with Crippen LogP contribution < -0.4 is 5.32 Å². The molecular formula is C22H22ClF3N2O2. The van der Waals surface area contributed by atoms with E-state index in [1.807, 2.05) is 0 Å². The smallest absolute Gasteiger partial charge is 0.375 e. The minimum atomic E-state index is -4.91. The molecule has 0 bridgehead atoms. The van der Waals surface area contributed by atoms with E-state index in [0.717, 1.165) is 12.5 Å². The van der Waals surface area contributed by atoms with E-state index in [9.17, 15) is 23.1 Å². The Morgan fingerprint density at radius 1 is 1.27 bits per heavy atom. The number of hydrogen-bond acceptors (Lipinski definition) is 3. The number of aliphatic hydroxyl groups is 1. The van der Waals surface area contributed by atoms with Gasteiger partial charge in [-0.1, -0.05) is 42.8 Å². The molecule has 0 radical (unpaired) electrons. The first-order chi connectivity index (χ1) is 14.0. The molecular weight excluding hydrogens is 417 g/mol. The van der Waals surface area contributed by atoms with E-state index in [-0.39, 0.29) is 18.0 Å². The molecule has 30 heavy (non-hydrogen) atoms. The maximum Gasteiger partial charge on any atom is 0.422 e. The largest absolute Gasteiger partial charge is 0.422 e. The molecule has 2 atom stereocenters. The number of fused-ring (bicyclic) bond motifs is 1. The second-order valence-corrected chi connectivity index (χ2v) is 8.17. The van der Waals surface area contributed by atoms with E-state index in [4.69, 9.17) is 11.6 Å². The van der Waals surface area contributed by atoms with Crippen LogP contribution in [-0.2, 0) is 17.6 Å². The topological polar surface area (TPSA) is 61.7 Å². The lowest BCUT2D eigenvalue weighted by molar-refractivity contribution is -0.235. The average Bonchev–Trinajstić information content (AvgIpc) is 3.01. The Morgan fingerprint density at radius 3 is 2.63 bits per heavy atom. The fourth-order valence-electron chi connectivity index (χ4n) is 3.71. The van der Waals surface area contributed by atoms with Gasteiger partial charge in [0.05, 0.1) is 23.5 Å². The minimum absolute atomic E-state index is 0.151. The first kappa shape index (κ1) is 22.3. The highest BCUT2D eigenvalue weighted by molar-refractivity contribution is 6.30. The van der Waals surface area contributed by atoms with E-state index in [1.54, 1.807) is 43.3 Å². The standard InChI is InChI=1S/C22H22ClF3N2O2/c1-13(9-15-5-3-7-17(23)10-15)12-21(30,22(24,25)26)14(2)27-18-8-4-6-16-11-19(29)28-20(16)18/h3-8,10,13,30H,9,11-12H2,1-2H3,(H,28,29). The normalized spacial score (nSPS) is 17.3.